The third kappa shape index (κ3) is 13.3. The molecule has 0 unspecified atom stereocenters. The van der Waals surface area contributed by atoms with Crippen LogP contribution in [0.4, 0.5) is 28.4 Å². The third-order valence-electron chi connectivity index (χ3n) is 12.2. The van der Waals surface area contributed by atoms with Crippen LogP contribution in [0.2, 0.25) is 10.0 Å². The van der Waals surface area contributed by atoms with Gasteiger partial charge in [-0.05, 0) is 71.8 Å². The van der Waals surface area contributed by atoms with E-state index in [0.717, 1.165) is 17.3 Å². The van der Waals surface area contributed by atoms with E-state index >= 15 is 8.78 Å². The van der Waals surface area contributed by atoms with Gasteiger partial charge in [0.05, 0.1) is 74.6 Å². The summed E-state index contributed by atoms with van der Waals surface area (Å²) >= 11 is 13.9. The minimum atomic E-state index is -1.82. The van der Waals surface area contributed by atoms with Gasteiger partial charge in [0.2, 0.25) is 11.7 Å². The number of benzene rings is 4. The predicted octanol–water partition coefficient (Wildman–Crippen LogP) is 11.3. The molecule has 0 aliphatic carbocycles. The standard InChI is InChI=1S/C52H57Cl2F4N5O7S/c1-31(28-51(3,4)5)52(30-59,37-13-11-34(53)27-40(37)56)44(36-8-7-9-38(54)45(36)57)32(2)48(64)61-41-15-10-33(26-43(41)66-6)49(65)60-16-19-67-22-23-69-24-25-70-47-35(12-14-39(55)46(47)58)42-29-71-50(62-42)63-17-20-68-21-18-63/h7-15,26-27,29,31-32,44H,16-25,28H2,1-6H3,(H,60,65)(H,61,64)/t31-,32+,44+,52+/m0/s1. The molecule has 0 radical (unpaired) electrons. The Hall–Kier alpha value is -5.48. The van der Waals surface area contributed by atoms with Crippen LogP contribution in [0.1, 0.15) is 68.4 Å². The SMILES string of the molecule is COc1cc(C(=O)NCCOCCOCCOc2c(-c3csc(N4CCOCC4)n3)ccc(F)c2F)ccc1NC(=O)[C@H](C)[C@H](c1cccc(Cl)c1F)[C@@](C#N)(c1ccc(Cl)cc1F)[C@@H](C)CC(C)(C)C. The lowest BCUT2D eigenvalue weighted by Gasteiger charge is -2.45. The second-order valence-electron chi connectivity index (χ2n) is 18.3. The van der Waals surface area contributed by atoms with Gasteiger partial charge in [-0.25, -0.2) is 18.2 Å². The number of halogens is 6. The molecule has 5 aromatic rings. The van der Waals surface area contributed by atoms with Crippen LogP contribution in [0.3, 0.4) is 0 Å². The van der Waals surface area contributed by atoms with Crippen molar-refractivity contribution in [2.75, 3.05) is 83.2 Å². The fourth-order valence-electron chi connectivity index (χ4n) is 8.91. The summed E-state index contributed by atoms with van der Waals surface area (Å²) in [5.41, 5.74) is -1.09. The predicted molar refractivity (Wildman–Crippen MR) is 267 cm³/mol. The topological polar surface area (TPSA) is 144 Å². The van der Waals surface area contributed by atoms with Gasteiger partial charge in [-0.3, -0.25) is 9.59 Å². The van der Waals surface area contributed by atoms with Crippen LogP contribution in [-0.2, 0) is 24.4 Å². The Kier molecular flexibility index (Phi) is 19.1. The van der Waals surface area contributed by atoms with Crippen LogP contribution < -0.4 is 25.0 Å². The zero-order valence-electron chi connectivity index (χ0n) is 40.3. The molecule has 1 aromatic heterocycles. The number of morpholine rings is 1. The first kappa shape index (κ1) is 54.8. The van der Waals surface area contributed by atoms with Crippen molar-refractivity contribution in [3.63, 3.8) is 0 Å². The van der Waals surface area contributed by atoms with Gasteiger partial charge in [0, 0.05) is 58.6 Å². The molecule has 0 bridgehead atoms. The molecule has 71 heavy (non-hydrogen) atoms. The number of carbonyl (C=O) groups is 2. The van der Waals surface area contributed by atoms with Gasteiger partial charge >= 0.3 is 0 Å². The van der Waals surface area contributed by atoms with E-state index < -0.39 is 58.3 Å². The van der Waals surface area contributed by atoms with Gasteiger partial charge in [0.25, 0.3) is 5.91 Å². The molecule has 2 N–H and O–H groups in total. The first-order valence-corrected chi connectivity index (χ1v) is 24.7. The van der Waals surface area contributed by atoms with Crippen LogP contribution >= 0.6 is 34.5 Å². The number of amides is 2. The van der Waals surface area contributed by atoms with E-state index in [0.29, 0.717) is 44.0 Å². The normalized spacial score (nSPS) is 15.0. The Balaban J connectivity index is 1.04. The number of hydrogen-bond donors (Lipinski definition) is 2. The molecule has 0 spiro atoms. The summed E-state index contributed by atoms with van der Waals surface area (Å²) in [5, 5.41) is 19.3. The molecular formula is C52H57Cl2F4N5O7S. The molecule has 1 aliphatic heterocycles. The van der Waals surface area contributed by atoms with Crippen LogP contribution in [0.15, 0.2) is 72.1 Å². The summed E-state index contributed by atoms with van der Waals surface area (Å²) in [6, 6.07) is 17.5. The molecule has 0 saturated carbocycles. The average Bonchev–Trinajstić information content (AvgIpc) is 3.84. The minimum absolute atomic E-state index is 0.0410. The molecule has 1 fully saturated rings. The molecule has 4 aromatic carbocycles. The fourth-order valence-corrected chi connectivity index (χ4v) is 10.1. The van der Waals surface area contributed by atoms with Gasteiger partial charge in [-0.1, -0.05) is 76.0 Å². The van der Waals surface area contributed by atoms with E-state index in [2.05, 4.69) is 26.6 Å². The van der Waals surface area contributed by atoms with Crippen LogP contribution in [-0.4, -0.2) is 89.8 Å². The van der Waals surface area contributed by atoms with E-state index in [1.807, 2.05) is 20.8 Å². The molecule has 19 heteroatoms. The number of hydrogen-bond acceptors (Lipinski definition) is 11. The smallest absolute Gasteiger partial charge is 0.251 e. The highest BCUT2D eigenvalue weighted by molar-refractivity contribution is 7.14. The lowest BCUT2D eigenvalue weighted by atomic mass is 9.56. The Labute approximate surface area is 425 Å². The quantitative estimate of drug-likeness (QED) is 0.0508. The highest BCUT2D eigenvalue weighted by Gasteiger charge is 2.53. The number of anilines is 2. The fraction of sp³-hybridized carbons (Fsp3) is 0.423. The van der Waals surface area contributed by atoms with Crippen molar-refractivity contribution < 1.29 is 50.8 Å². The number of nitriles is 1. The summed E-state index contributed by atoms with van der Waals surface area (Å²) in [7, 11) is 1.36. The van der Waals surface area contributed by atoms with E-state index in [9.17, 15) is 23.6 Å². The van der Waals surface area contributed by atoms with E-state index in [1.54, 1.807) is 19.2 Å². The van der Waals surface area contributed by atoms with Crippen LogP contribution in [0, 0.1) is 51.9 Å². The van der Waals surface area contributed by atoms with Crippen molar-refractivity contribution in [3.8, 4) is 28.8 Å². The van der Waals surface area contributed by atoms with Gasteiger partial charge in [0.15, 0.2) is 16.7 Å². The minimum Gasteiger partial charge on any atom is -0.495 e. The van der Waals surface area contributed by atoms with E-state index in [4.69, 9.17) is 46.9 Å². The van der Waals surface area contributed by atoms with E-state index in [1.165, 1.54) is 73.0 Å². The van der Waals surface area contributed by atoms with Crippen molar-refractivity contribution >= 4 is 57.2 Å². The van der Waals surface area contributed by atoms with Gasteiger partial charge in [-0.15, -0.1) is 11.3 Å². The number of thiazole rings is 1. The van der Waals surface area contributed by atoms with Crippen molar-refractivity contribution in [1.82, 2.24) is 10.3 Å². The highest BCUT2D eigenvalue weighted by atomic mass is 35.5. The molecule has 1 aliphatic rings. The third-order valence-corrected chi connectivity index (χ3v) is 13.6. The first-order valence-electron chi connectivity index (χ1n) is 23.0. The van der Waals surface area contributed by atoms with Crippen molar-refractivity contribution in [3.05, 3.63) is 122 Å². The molecule has 4 atom stereocenters. The van der Waals surface area contributed by atoms with Gasteiger partial charge in [-0.2, -0.15) is 9.65 Å². The maximum Gasteiger partial charge on any atom is 0.251 e. The lowest BCUT2D eigenvalue weighted by molar-refractivity contribution is -0.120. The van der Waals surface area contributed by atoms with Crippen molar-refractivity contribution in [1.29, 1.82) is 5.26 Å². The first-order chi connectivity index (χ1) is 33.9. The van der Waals surface area contributed by atoms with Crippen LogP contribution in [0.5, 0.6) is 11.5 Å². The molecule has 2 heterocycles. The molecular weight excluding hydrogens is 986 g/mol. The van der Waals surface area contributed by atoms with Crippen molar-refractivity contribution in [2.24, 2.45) is 17.3 Å². The number of methoxy groups -OCH3 is 1. The maximum atomic E-state index is 16.3. The highest BCUT2D eigenvalue weighted by Crippen LogP contribution is 2.53. The summed E-state index contributed by atoms with van der Waals surface area (Å²) < 4.78 is 89.4. The average molecular weight is 1040 g/mol. The Morgan fingerprint density at radius 1 is 0.915 bits per heavy atom. The molecule has 1 saturated heterocycles. The Morgan fingerprint density at radius 3 is 2.32 bits per heavy atom. The van der Waals surface area contributed by atoms with Gasteiger partial charge < -0.3 is 39.2 Å². The molecule has 2 amide bonds. The molecule has 12 nitrogen and oxygen atoms in total. The summed E-state index contributed by atoms with van der Waals surface area (Å²) in [6.07, 6.45) is 0.391. The molecule has 380 valence electrons. The van der Waals surface area contributed by atoms with E-state index in [-0.39, 0.29) is 88.9 Å². The number of carbonyl (C=O) groups excluding carboxylic acids is 2. The van der Waals surface area contributed by atoms with Gasteiger partial charge in [0.1, 0.15) is 24.0 Å². The molecule has 6 rings (SSSR count). The number of ether oxygens (including phenoxy) is 5. The second kappa shape index (κ2) is 24.8. The largest absolute Gasteiger partial charge is 0.495 e. The Morgan fingerprint density at radius 2 is 1.63 bits per heavy atom. The maximum absolute atomic E-state index is 16.3. The Bertz CT molecular complexity index is 2700. The zero-order valence-corrected chi connectivity index (χ0v) is 42.6. The summed E-state index contributed by atoms with van der Waals surface area (Å²) in [4.78, 5) is 34.3. The number of nitrogens with one attached hydrogen (secondary N) is 2. The number of aromatic nitrogens is 1. The summed E-state index contributed by atoms with van der Waals surface area (Å²) in [6.45, 7) is 12.4. The van der Waals surface area contributed by atoms with Crippen molar-refractivity contribution in [2.45, 2.75) is 52.4 Å². The number of nitrogens with zero attached hydrogens (tertiary/aromatic N) is 3. The second-order valence-corrected chi connectivity index (χ2v) is 19.9. The zero-order chi connectivity index (χ0) is 51.5. The monoisotopic (exact) mass is 1040 g/mol. The number of rotatable bonds is 22. The van der Waals surface area contributed by atoms with Crippen LogP contribution in [0.25, 0.3) is 11.3 Å². The lowest BCUT2D eigenvalue weighted by Crippen LogP contribution is -2.46. The summed E-state index contributed by atoms with van der Waals surface area (Å²) in [5.74, 6) is -8.11.